The highest BCUT2D eigenvalue weighted by atomic mass is 16.5. The molecular weight excluding hydrogens is 354 g/mol. The number of ether oxygens (including phenoxy) is 2. The van der Waals surface area contributed by atoms with Gasteiger partial charge >= 0.3 is 0 Å². The topological polar surface area (TPSA) is 67.5 Å². The normalized spacial score (nSPS) is 27.6. The van der Waals surface area contributed by atoms with Gasteiger partial charge in [0.05, 0.1) is 12.7 Å². The summed E-state index contributed by atoms with van der Waals surface area (Å²) in [5.74, 6) is 1.30. The summed E-state index contributed by atoms with van der Waals surface area (Å²) in [7, 11) is 0. The van der Waals surface area contributed by atoms with Crippen LogP contribution >= 0.6 is 0 Å². The number of piperidine rings is 1. The number of rotatable bonds is 1. The Bertz CT molecular complexity index is 869. The van der Waals surface area contributed by atoms with Crippen LogP contribution in [0.4, 0.5) is 0 Å². The summed E-state index contributed by atoms with van der Waals surface area (Å²) in [4.78, 5) is 14.5. The summed E-state index contributed by atoms with van der Waals surface area (Å²) in [5.41, 5.74) is 1.59. The van der Waals surface area contributed by atoms with Crippen LogP contribution in [-0.2, 0) is 4.74 Å². The highest BCUT2D eigenvalue weighted by Gasteiger charge is 2.52. The van der Waals surface area contributed by atoms with E-state index < -0.39 is 0 Å². The highest BCUT2D eigenvalue weighted by Crippen LogP contribution is 2.55. The van der Waals surface area contributed by atoms with Crippen LogP contribution in [0.3, 0.4) is 0 Å². The fraction of sp³-hybridized carbons (Fsp3) is 0.545. The summed E-state index contributed by atoms with van der Waals surface area (Å²) in [6, 6.07) is 9.99. The third-order valence-electron chi connectivity index (χ3n) is 6.92. The Morgan fingerprint density at radius 3 is 2.75 bits per heavy atom. The molecule has 3 aliphatic heterocycles. The standard InChI is InChI=1S/C22H27N3O3/c1-21(2)16-13-22(14-27-19(16)15-5-3-4-6-18(15)28-21)8-11-25(12-9-22)20(26)17-7-10-23-24-17/h3-7,10,16,19H,8-9,11-14H2,1-2H3,(H,23,24)/t16-,19+/m0/s1. The molecule has 2 fully saturated rings. The minimum absolute atomic E-state index is 0.0391. The second kappa shape index (κ2) is 6.34. The van der Waals surface area contributed by atoms with E-state index in [1.165, 1.54) is 5.56 Å². The number of benzene rings is 1. The molecule has 4 heterocycles. The van der Waals surface area contributed by atoms with Gasteiger partial charge in [0, 0.05) is 30.8 Å². The number of aromatic amines is 1. The lowest BCUT2D eigenvalue weighted by Gasteiger charge is -2.54. The zero-order valence-corrected chi connectivity index (χ0v) is 16.5. The van der Waals surface area contributed by atoms with Crippen molar-refractivity contribution in [3.63, 3.8) is 0 Å². The number of fused-ring (bicyclic) bond motifs is 3. The first-order valence-corrected chi connectivity index (χ1v) is 10.2. The predicted octanol–water partition coefficient (Wildman–Crippen LogP) is 3.58. The largest absolute Gasteiger partial charge is 0.487 e. The monoisotopic (exact) mass is 381 g/mol. The number of nitrogens with zero attached hydrogens (tertiary/aromatic N) is 2. The molecule has 1 amide bonds. The molecular formula is C22H27N3O3. The fourth-order valence-electron chi connectivity index (χ4n) is 5.18. The number of amides is 1. The van der Waals surface area contributed by atoms with Crippen LogP contribution in [0.15, 0.2) is 36.5 Å². The van der Waals surface area contributed by atoms with Crippen LogP contribution in [0.25, 0.3) is 0 Å². The molecule has 0 saturated carbocycles. The number of hydrogen-bond acceptors (Lipinski definition) is 4. The van der Waals surface area contributed by atoms with Crippen LogP contribution < -0.4 is 4.74 Å². The van der Waals surface area contributed by atoms with Gasteiger partial charge < -0.3 is 14.4 Å². The van der Waals surface area contributed by atoms with E-state index in [1.54, 1.807) is 12.3 Å². The molecule has 5 rings (SSSR count). The lowest BCUT2D eigenvalue weighted by Crippen LogP contribution is -2.54. The van der Waals surface area contributed by atoms with Crippen LogP contribution in [-0.4, -0.2) is 46.3 Å². The van der Waals surface area contributed by atoms with Gasteiger partial charge in [-0.1, -0.05) is 18.2 Å². The maximum atomic E-state index is 12.6. The smallest absolute Gasteiger partial charge is 0.271 e. The first-order valence-electron chi connectivity index (χ1n) is 10.2. The van der Waals surface area contributed by atoms with Gasteiger partial charge in [-0.15, -0.1) is 0 Å². The molecule has 1 N–H and O–H groups in total. The first kappa shape index (κ1) is 17.7. The number of likely N-dealkylation sites (tertiary alicyclic amines) is 1. The van der Waals surface area contributed by atoms with Gasteiger partial charge in [0.2, 0.25) is 0 Å². The van der Waals surface area contributed by atoms with Crippen molar-refractivity contribution in [3.05, 3.63) is 47.8 Å². The third kappa shape index (κ3) is 2.82. The molecule has 1 spiro atoms. The number of carbonyl (C=O) groups is 1. The van der Waals surface area contributed by atoms with Gasteiger partial charge in [-0.2, -0.15) is 5.10 Å². The van der Waals surface area contributed by atoms with Crippen LogP contribution in [0.1, 0.15) is 55.3 Å². The number of hydrogen-bond donors (Lipinski definition) is 1. The Balaban J connectivity index is 1.33. The minimum Gasteiger partial charge on any atom is -0.487 e. The molecule has 6 nitrogen and oxygen atoms in total. The van der Waals surface area contributed by atoms with Crippen molar-refractivity contribution in [2.75, 3.05) is 19.7 Å². The number of aromatic nitrogens is 2. The van der Waals surface area contributed by atoms with Crippen LogP contribution in [0, 0.1) is 11.3 Å². The average molecular weight is 381 g/mol. The Morgan fingerprint density at radius 1 is 1.21 bits per heavy atom. The van der Waals surface area contributed by atoms with Crippen molar-refractivity contribution in [3.8, 4) is 5.75 Å². The van der Waals surface area contributed by atoms with Gasteiger partial charge in [-0.25, -0.2) is 0 Å². The van der Waals surface area contributed by atoms with Crippen molar-refractivity contribution in [1.82, 2.24) is 15.1 Å². The van der Waals surface area contributed by atoms with Gasteiger partial charge in [-0.3, -0.25) is 9.89 Å². The molecule has 0 bridgehead atoms. The van der Waals surface area contributed by atoms with Crippen LogP contribution in [0.5, 0.6) is 5.75 Å². The van der Waals surface area contributed by atoms with Crippen molar-refractivity contribution >= 4 is 5.91 Å². The SMILES string of the molecule is CC1(C)Oc2ccccc2[C@H]2OCC3(CCN(C(=O)c4ccn[nH]4)CC3)C[C@@H]21. The van der Waals surface area contributed by atoms with Gasteiger partial charge in [-0.05, 0) is 50.7 Å². The Hall–Kier alpha value is -2.34. The molecule has 28 heavy (non-hydrogen) atoms. The molecule has 6 heteroatoms. The molecule has 0 aliphatic carbocycles. The Labute approximate surface area is 165 Å². The summed E-state index contributed by atoms with van der Waals surface area (Å²) < 4.78 is 12.9. The van der Waals surface area contributed by atoms with E-state index >= 15 is 0 Å². The van der Waals surface area contributed by atoms with E-state index in [1.807, 2.05) is 17.0 Å². The molecule has 0 unspecified atom stereocenters. The van der Waals surface area contributed by atoms with Gasteiger partial charge in [0.15, 0.2) is 0 Å². The third-order valence-corrected chi connectivity index (χ3v) is 6.92. The molecule has 3 aliphatic rings. The van der Waals surface area contributed by atoms with E-state index in [0.717, 1.165) is 44.7 Å². The lowest BCUT2D eigenvalue weighted by molar-refractivity contribution is -0.173. The van der Waals surface area contributed by atoms with Crippen molar-refractivity contribution in [2.24, 2.45) is 11.3 Å². The van der Waals surface area contributed by atoms with E-state index in [4.69, 9.17) is 9.47 Å². The van der Waals surface area contributed by atoms with E-state index in [9.17, 15) is 4.79 Å². The second-order valence-corrected chi connectivity index (χ2v) is 9.05. The molecule has 148 valence electrons. The first-order chi connectivity index (χ1) is 13.5. The number of carbonyl (C=O) groups excluding carboxylic acids is 1. The lowest BCUT2D eigenvalue weighted by atomic mass is 9.64. The number of H-pyrrole nitrogens is 1. The molecule has 2 saturated heterocycles. The second-order valence-electron chi connectivity index (χ2n) is 9.05. The predicted molar refractivity (Wildman–Crippen MR) is 104 cm³/mol. The summed E-state index contributed by atoms with van der Waals surface area (Å²) in [6.07, 6.45) is 4.72. The van der Waals surface area contributed by atoms with Crippen molar-refractivity contribution in [2.45, 2.75) is 44.8 Å². The maximum Gasteiger partial charge on any atom is 0.271 e. The van der Waals surface area contributed by atoms with E-state index in [2.05, 4.69) is 36.2 Å². The number of para-hydroxylation sites is 1. The van der Waals surface area contributed by atoms with E-state index in [-0.39, 0.29) is 23.0 Å². The van der Waals surface area contributed by atoms with Crippen molar-refractivity contribution < 1.29 is 14.3 Å². The quantitative estimate of drug-likeness (QED) is 0.820. The van der Waals surface area contributed by atoms with Gasteiger partial charge in [0.1, 0.15) is 17.0 Å². The summed E-state index contributed by atoms with van der Waals surface area (Å²) >= 11 is 0. The highest BCUT2D eigenvalue weighted by molar-refractivity contribution is 5.92. The number of nitrogens with one attached hydrogen (secondary N) is 1. The summed E-state index contributed by atoms with van der Waals surface area (Å²) in [5, 5.41) is 6.67. The van der Waals surface area contributed by atoms with E-state index in [0.29, 0.717) is 11.6 Å². The zero-order valence-electron chi connectivity index (χ0n) is 16.5. The van der Waals surface area contributed by atoms with Crippen LogP contribution in [0.2, 0.25) is 0 Å². The minimum atomic E-state index is -0.269. The average Bonchev–Trinajstić information content (AvgIpc) is 3.23. The summed E-state index contributed by atoms with van der Waals surface area (Å²) in [6.45, 7) is 6.64. The Morgan fingerprint density at radius 2 is 2.00 bits per heavy atom. The zero-order chi connectivity index (χ0) is 19.4. The Kier molecular flexibility index (Phi) is 4.02. The van der Waals surface area contributed by atoms with Gasteiger partial charge in [0.25, 0.3) is 5.91 Å². The van der Waals surface area contributed by atoms with Crippen molar-refractivity contribution in [1.29, 1.82) is 0 Å². The maximum absolute atomic E-state index is 12.6. The molecule has 2 aromatic rings. The molecule has 1 aromatic heterocycles. The molecule has 2 atom stereocenters. The fourth-order valence-corrected chi connectivity index (χ4v) is 5.18. The molecule has 1 aromatic carbocycles. The molecule has 0 radical (unpaired) electrons.